The molecule has 1 amide bonds. The van der Waals surface area contributed by atoms with Crippen LogP contribution in [-0.4, -0.2) is 61.0 Å². The molecule has 2 heterocycles. The number of piperazine rings is 1. The van der Waals surface area contributed by atoms with Crippen LogP contribution in [0, 0.1) is 0 Å². The Morgan fingerprint density at radius 1 is 1.03 bits per heavy atom. The molecule has 1 aromatic heterocycles. The van der Waals surface area contributed by atoms with Crippen LogP contribution in [0.5, 0.6) is 0 Å². The number of benzene rings is 2. The summed E-state index contributed by atoms with van der Waals surface area (Å²) in [5.74, 6) is 0.0422. The smallest absolute Gasteiger partial charge is 0.232 e. The molecule has 1 saturated heterocycles. The first kappa shape index (κ1) is 20.7. The van der Waals surface area contributed by atoms with Gasteiger partial charge < -0.3 is 9.80 Å². The number of amides is 1. The Morgan fingerprint density at radius 2 is 1.73 bits per heavy atom. The van der Waals surface area contributed by atoms with Crippen molar-refractivity contribution in [3.8, 4) is 10.6 Å². The number of hydrogen-bond donors (Lipinski definition) is 0. The minimum Gasteiger partial charge on any atom is -0.315 e. The van der Waals surface area contributed by atoms with Crippen molar-refractivity contribution >= 4 is 22.9 Å². The van der Waals surface area contributed by atoms with E-state index >= 15 is 0 Å². The molecule has 0 spiro atoms. The molecule has 0 N–H and O–H groups in total. The lowest BCUT2D eigenvalue weighted by atomic mass is 10.1. The number of aromatic nitrogens is 1. The largest absolute Gasteiger partial charge is 0.315 e. The lowest BCUT2D eigenvalue weighted by Gasteiger charge is -2.32. The van der Waals surface area contributed by atoms with Gasteiger partial charge in [0.05, 0.1) is 12.1 Å². The normalized spacial score (nSPS) is 15.3. The van der Waals surface area contributed by atoms with E-state index in [1.807, 2.05) is 42.8 Å². The lowest BCUT2D eigenvalue weighted by Crippen LogP contribution is -2.43. The third kappa shape index (κ3) is 5.14. The third-order valence-corrected chi connectivity index (χ3v) is 6.54. The summed E-state index contributed by atoms with van der Waals surface area (Å²) in [7, 11) is 3.99. The molecule has 2 aromatic carbocycles. The highest BCUT2D eigenvalue weighted by atomic mass is 32.1. The van der Waals surface area contributed by atoms with Gasteiger partial charge in [0.2, 0.25) is 5.91 Å². The summed E-state index contributed by atoms with van der Waals surface area (Å²) in [6.07, 6.45) is 0.309. The van der Waals surface area contributed by atoms with Crippen molar-refractivity contribution in [3.63, 3.8) is 0 Å². The zero-order valence-electron chi connectivity index (χ0n) is 17.6. The molecule has 1 fully saturated rings. The Balaban J connectivity index is 1.36. The van der Waals surface area contributed by atoms with Crippen LogP contribution in [-0.2, 0) is 17.8 Å². The van der Waals surface area contributed by atoms with Gasteiger partial charge >= 0.3 is 0 Å². The van der Waals surface area contributed by atoms with Crippen molar-refractivity contribution < 1.29 is 4.79 Å². The summed E-state index contributed by atoms with van der Waals surface area (Å²) >= 11 is 1.60. The molecule has 30 heavy (non-hydrogen) atoms. The van der Waals surface area contributed by atoms with Crippen molar-refractivity contribution in [2.24, 2.45) is 0 Å². The molecule has 4 rings (SSSR count). The summed E-state index contributed by atoms with van der Waals surface area (Å²) in [4.78, 5) is 23.9. The molecule has 3 aromatic rings. The van der Waals surface area contributed by atoms with Gasteiger partial charge in [0.1, 0.15) is 5.01 Å². The van der Waals surface area contributed by atoms with Crippen molar-refractivity contribution in [1.29, 1.82) is 0 Å². The van der Waals surface area contributed by atoms with Crippen LogP contribution in [0.2, 0.25) is 0 Å². The standard InChI is InChI=1S/C24H28N4OS/c1-26-12-14-28(15-13-26)17-19-8-10-20(11-9-19)24-25-21(18-30-24)16-23(29)27(2)22-6-4-3-5-7-22/h3-11,18H,12-17H2,1-2H3. The summed E-state index contributed by atoms with van der Waals surface area (Å²) in [5, 5.41) is 2.95. The van der Waals surface area contributed by atoms with E-state index in [1.165, 1.54) is 5.56 Å². The van der Waals surface area contributed by atoms with Crippen molar-refractivity contribution in [2.75, 3.05) is 45.2 Å². The van der Waals surface area contributed by atoms with Gasteiger partial charge in [-0.2, -0.15) is 0 Å². The topological polar surface area (TPSA) is 39.7 Å². The summed E-state index contributed by atoms with van der Waals surface area (Å²) in [5.41, 5.74) is 4.16. The van der Waals surface area contributed by atoms with Crippen molar-refractivity contribution in [3.05, 3.63) is 71.2 Å². The molecule has 0 saturated carbocycles. The van der Waals surface area contributed by atoms with Gasteiger partial charge in [-0.05, 0) is 24.7 Å². The highest BCUT2D eigenvalue weighted by molar-refractivity contribution is 7.13. The number of likely N-dealkylation sites (N-methyl/N-ethyl adjacent to an activating group) is 2. The van der Waals surface area contributed by atoms with E-state index in [1.54, 1.807) is 16.2 Å². The number of carbonyl (C=O) groups is 1. The highest BCUT2D eigenvalue weighted by Crippen LogP contribution is 2.25. The third-order valence-electron chi connectivity index (χ3n) is 5.60. The fourth-order valence-corrected chi connectivity index (χ4v) is 4.43. The van der Waals surface area contributed by atoms with E-state index < -0.39 is 0 Å². The second-order valence-corrected chi connectivity index (χ2v) is 8.74. The lowest BCUT2D eigenvalue weighted by molar-refractivity contribution is -0.117. The van der Waals surface area contributed by atoms with Crippen LogP contribution in [0.1, 0.15) is 11.3 Å². The van der Waals surface area contributed by atoms with Crippen LogP contribution >= 0.6 is 11.3 Å². The van der Waals surface area contributed by atoms with Crippen molar-refractivity contribution in [1.82, 2.24) is 14.8 Å². The van der Waals surface area contributed by atoms with Gasteiger partial charge in [-0.15, -0.1) is 11.3 Å². The quantitative estimate of drug-likeness (QED) is 0.609. The van der Waals surface area contributed by atoms with Gasteiger partial charge in [-0.3, -0.25) is 9.69 Å². The number of anilines is 1. The van der Waals surface area contributed by atoms with Gasteiger partial charge in [0, 0.05) is 56.4 Å². The van der Waals surface area contributed by atoms with E-state index in [0.29, 0.717) is 6.42 Å². The molecule has 0 atom stereocenters. The first-order chi connectivity index (χ1) is 14.6. The number of rotatable bonds is 6. The van der Waals surface area contributed by atoms with Gasteiger partial charge in [-0.1, -0.05) is 42.5 Å². The summed E-state index contributed by atoms with van der Waals surface area (Å²) in [6, 6.07) is 18.4. The van der Waals surface area contributed by atoms with E-state index in [-0.39, 0.29) is 5.91 Å². The van der Waals surface area contributed by atoms with Crippen LogP contribution < -0.4 is 4.90 Å². The zero-order valence-corrected chi connectivity index (χ0v) is 18.4. The Kier molecular flexibility index (Phi) is 6.57. The SMILES string of the molecule is CN1CCN(Cc2ccc(-c3nc(CC(=O)N(C)c4ccccc4)cs3)cc2)CC1. The molecule has 0 unspecified atom stereocenters. The maximum absolute atomic E-state index is 12.6. The van der Waals surface area contributed by atoms with Gasteiger partial charge in [-0.25, -0.2) is 4.98 Å². The first-order valence-electron chi connectivity index (χ1n) is 10.3. The maximum Gasteiger partial charge on any atom is 0.232 e. The molecular weight excluding hydrogens is 392 g/mol. The number of thiazole rings is 1. The van der Waals surface area contributed by atoms with Crippen LogP contribution in [0.3, 0.4) is 0 Å². The fourth-order valence-electron chi connectivity index (χ4n) is 3.61. The minimum absolute atomic E-state index is 0.0422. The molecule has 5 nitrogen and oxygen atoms in total. The average Bonchev–Trinajstić information content (AvgIpc) is 3.24. The Hall–Kier alpha value is -2.54. The monoisotopic (exact) mass is 420 g/mol. The second kappa shape index (κ2) is 9.51. The number of hydrogen-bond acceptors (Lipinski definition) is 5. The molecule has 1 aliphatic heterocycles. The van der Waals surface area contributed by atoms with E-state index in [4.69, 9.17) is 4.98 Å². The number of carbonyl (C=O) groups excluding carboxylic acids is 1. The molecule has 0 aliphatic carbocycles. The molecule has 0 radical (unpaired) electrons. The molecule has 6 heteroatoms. The van der Waals surface area contributed by atoms with Gasteiger partial charge in [0.15, 0.2) is 0 Å². The Bertz CT molecular complexity index is 962. The van der Waals surface area contributed by atoms with Crippen molar-refractivity contribution in [2.45, 2.75) is 13.0 Å². The minimum atomic E-state index is 0.0422. The zero-order chi connectivity index (χ0) is 20.9. The van der Waals surface area contributed by atoms with Crippen LogP contribution in [0.15, 0.2) is 60.0 Å². The van der Waals surface area contributed by atoms with E-state index in [2.05, 4.69) is 41.1 Å². The average molecular weight is 421 g/mol. The van der Waals surface area contributed by atoms with E-state index in [9.17, 15) is 4.79 Å². The first-order valence-corrected chi connectivity index (χ1v) is 11.2. The molecule has 1 aliphatic rings. The Labute approximate surface area is 182 Å². The van der Waals surface area contributed by atoms with E-state index in [0.717, 1.165) is 54.7 Å². The number of nitrogens with zero attached hydrogens (tertiary/aromatic N) is 4. The highest BCUT2D eigenvalue weighted by Gasteiger charge is 2.15. The Morgan fingerprint density at radius 3 is 2.43 bits per heavy atom. The van der Waals surface area contributed by atoms with Crippen LogP contribution in [0.4, 0.5) is 5.69 Å². The second-order valence-electron chi connectivity index (χ2n) is 7.89. The molecule has 0 bridgehead atoms. The molecule has 156 valence electrons. The summed E-state index contributed by atoms with van der Waals surface area (Å²) in [6.45, 7) is 5.52. The maximum atomic E-state index is 12.6. The number of para-hydroxylation sites is 1. The predicted molar refractivity (Wildman–Crippen MR) is 124 cm³/mol. The van der Waals surface area contributed by atoms with Gasteiger partial charge in [0.25, 0.3) is 0 Å². The van der Waals surface area contributed by atoms with Crippen LogP contribution in [0.25, 0.3) is 10.6 Å². The summed E-state index contributed by atoms with van der Waals surface area (Å²) < 4.78 is 0. The molecular formula is C24H28N4OS. The predicted octanol–water partition coefficient (Wildman–Crippen LogP) is 3.76. The fraction of sp³-hybridized carbons (Fsp3) is 0.333.